The lowest BCUT2D eigenvalue weighted by Gasteiger charge is -2.27. The molecule has 0 aliphatic carbocycles. The number of aromatic nitrogens is 5. The van der Waals surface area contributed by atoms with Crippen molar-refractivity contribution in [2.24, 2.45) is 0 Å². The van der Waals surface area contributed by atoms with Crippen molar-refractivity contribution < 1.29 is 4.74 Å². The van der Waals surface area contributed by atoms with Gasteiger partial charge in [0.05, 0.1) is 31.3 Å². The molecule has 1 fully saturated rings. The van der Waals surface area contributed by atoms with E-state index in [-0.39, 0.29) is 0 Å². The van der Waals surface area contributed by atoms with Crippen LogP contribution in [0.3, 0.4) is 0 Å². The van der Waals surface area contributed by atoms with Gasteiger partial charge in [0.25, 0.3) is 0 Å². The Bertz CT molecular complexity index is 1020. The Balaban J connectivity index is 1.52. The Morgan fingerprint density at radius 3 is 2.46 bits per heavy atom. The van der Waals surface area contributed by atoms with E-state index in [0.717, 1.165) is 60.2 Å². The molecule has 0 unspecified atom stereocenters. The third-order valence-corrected chi connectivity index (χ3v) is 4.70. The van der Waals surface area contributed by atoms with E-state index in [1.807, 2.05) is 35.2 Å². The van der Waals surface area contributed by atoms with Gasteiger partial charge in [-0.25, -0.2) is 9.50 Å². The third-order valence-electron chi connectivity index (χ3n) is 4.70. The first-order chi connectivity index (χ1) is 12.9. The van der Waals surface area contributed by atoms with Crippen LogP contribution in [0, 0.1) is 0 Å². The minimum Gasteiger partial charge on any atom is -0.378 e. The Hall–Kier alpha value is -3.19. The molecule has 1 N–H and O–H groups in total. The summed E-state index contributed by atoms with van der Waals surface area (Å²) in [7, 11) is 0. The van der Waals surface area contributed by atoms with Crippen molar-refractivity contribution in [3.8, 4) is 22.4 Å². The molecule has 7 nitrogen and oxygen atoms in total. The first-order valence-corrected chi connectivity index (χ1v) is 8.65. The van der Waals surface area contributed by atoms with Gasteiger partial charge >= 0.3 is 0 Å². The van der Waals surface area contributed by atoms with Gasteiger partial charge in [-0.1, -0.05) is 24.3 Å². The maximum Gasteiger partial charge on any atom is 0.154 e. The summed E-state index contributed by atoms with van der Waals surface area (Å²) in [5.74, 6) is 0.954. The summed E-state index contributed by atoms with van der Waals surface area (Å²) in [6.45, 7) is 3.21. The predicted molar refractivity (Wildman–Crippen MR) is 99.0 cm³/mol. The second kappa shape index (κ2) is 6.27. The average molecular weight is 346 g/mol. The number of imidazole rings is 1. The van der Waals surface area contributed by atoms with E-state index < -0.39 is 0 Å². The molecule has 1 saturated heterocycles. The number of H-pyrrole nitrogens is 1. The molecule has 1 aliphatic heterocycles. The van der Waals surface area contributed by atoms with E-state index >= 15 is 0 Å². The van der Waals surface area contributed by atoms with Crippen LogP contribution in [-0.2, 0) is 4.74 Å². The van der Waals surface area contributed by atoms with Crippen molar-refractivity contribution in [2.45, 2.75) is 0 Å². The SMILES string of the molecule is c1cc(-c2cnc3ccc(N4CCOCC4)nn23)ccc1-c1cn[nH]c1. The lowest BCUT2D eigenvalue weighted by Crippen LogP contribution is -2.37. The highest BCUT2D eigenvalue weighted by molar-refractivity contribution is 5.69. The van der Waals surface area contributed by atoms with E-state index in [1.165, 1.54) is 0 Å². The Kier molecular flexibility index (Phi) is 3.64. The van der Waals surface area contributed by atoms with Crippen molar-refractivity contribution in [1.82, 2.24) is 24.8 Å². The smallest absolute Gasteiger partial charge is 0.154 e. The van der Waals surface area contributed by atoms with Crippen molar-refractivity contribution in [3.63, 3.8) is 0 Å². The van der Waals surface area contributed by atoms with Crippen LogP contribution >= 0.6 is 0 Å². The largest absolute Gasteiger partial charge is 0.378 e. The van der Waals surface area contributed by atoms with Crippen molar-refractivity contribution in [3.05, 3.63) is 55.0 Å². The summed E-state index contributed by atoms with van der Waals surface area (Å²) in [6.07, 6.45) is 5.58. The van der Waals surface area contributed by atoms with Gasteiger partial charge in [0.2, 0.25) is 0 Å². The van der Waals surface area contributed by atoms with Gasteiger partial charge in [-0.15, -0.1) is 5.10 Å². The summed E-state index contributed by atoms with van der Waals surface area (Å²) in [4.78, 5) is 6.74. The standard InChI is InChI=1S/C19H18N6O/c1-3-15(4-2-14(1)16-11-21-22-12-16)17-13-20-18-5-6-19(23-25(17)18)24-7-9-26-10-8-24/h1-6,11-13H,7-10H2,(H,21,22). The maximum absolute atomic E-state index is 5.43. The first-order valence-electron chi connectivity index (χ1n) is 8.65. The molecule has 3 aromatic heterocycles. The van der Waals surface area contributed by atoms with Gasteiger partial charge < -0.3 is 9.64 Å². The topological polar surface area (TPSA) is 71.3 Å². The summed E-state index contributed by atoms with van der Waals surface area (Å²) >= 11 is 0. The van der Waals surface area contributed by atoms with Crippen LogP contribution in [0.2, 0.25) is 0 Å². The van der Waals surface area contributed by atoms with Gasteiger partial charge in [0, 0.05) is 30.4 Å². The molecule has 26 heavy (non-hydrogen) atoms. The normalized spacial score (nSPS) is 14.8. The molecule has 7 heteroatoms. The van der Waals surface area contributed by atoms with E-state index in [0.29, 0.717) is 0 Å². The molecule has 4 heterocycles. The number of benzene rings is 1. The van der Waals surface area contributed by atoms with Gasteiger partial charge in [-0.2, -0.15) is 5.10 Å². The number of hydrogen-bond acceptors (Lipinski definition) is 5. The highest BCUT2D eigenvalue weighted by atomic mass is 16.5. The lowest BCUT2D eigenvalue weighted by molar-refractivity contribution is 0.122. The summed E-state index contributed by atoms with van der Waals surface area (Å²) in [5.41, 5.74) is 5.10. The Morgan fingerprint density at radius 1 is 0.885 bits per heavy atom. The fourth-order valence-electron chi connectivity index (χ4n) is 3.26. The molecule has 0 spiro atoms. The van der Waals surface area contributed by atoms with Crippen molar-refractivity contribution in [1.29, 1.82) is 0 Å². The summed E-state index contributed by atoms with van der Waals surface area (Å²) in [6, 6.07) is 12.4. The maximum atomic E-state index is 5.43. The Labute approximate surface area is 150 Å². The molecule has 0 saturated carbocycles. The number of nitrogens with zero attached hydrogens (tertiary/aromatic N) is 5. The number of ether oxygens (including phenoxy) is 1. The molecular formula is C19H18N6O. The van der Waals surface area contributed by atoms with Gasteiger partial charge in [0.1, 0.15) is 5.82 Å². The minimum absolute atomic E-state index is 0.742. The molecule has 0 amide bonds. The fraction of sp³-hybridized carbons (Fsp3) is 0.211. The average Bonchev–Trinajstić information content (AvgIpc) is 3.38. The molecule has 0 radical (unpaired) electrons. The number of aromatic amines is 1. The van der Waals surface area contributed by atoms with E-state index in [1.54, 1.807) is 0 Å². The van der Waals surface area contributed by atoms with Crippen LogP contribution in [0.1, 0.15) is 0 Å². The third kappa shape index (κ3) is 2.62. The molecular weight excluding hydrogens is 328 g/mol. The number of anilines is 1. The van der Waals surface area contributed by atoms with Crippen LogP contribution in [0.25, 0.3) is 28.0 Å². The highest BCUT2D eigenvalue weighted by Crippen LogP contribution is 2.25. The molecule has 0 bridgehead atoms. The van der Waals surface area contributed by atoms with Crippen LogP contribution < -0.4 is 4.90 Å². The predicted octanol–water partition coefficient (Wildman–Crippen LogP) is 2.62. The van der Waals surface area contributed by atoms with Gasteiger partial charge in [-0.3, -0.25) is 5.10 Å². The zero-order chi connectivity index (χ0) is 17.3. The van der Waals surface area contributed by atoms with E-state index in [2.05, 4.69) is 44.3 Å². The molecule has 5 rings (SSSR count). The quantitative estimate of drug-likeness (QED) is 0.617. The molecule has 1 aromatic carbocycles. The monoisotopic (exact) mass is 346 g/mol. The van der Waals surface area contributed by atoms with Gasteiger partial charge in [0.15, 0.2) is 5.65 Å². The summed E-state index contributed by atoms with van der Waals surface area (Å²) in [5, 5.41) is 11.7. The lowest BCUT2D eigenvalue weighted by atomic mass is 10.1. The highest BCUT2D eigenvalue weighted by Gasteiger charge is 2.15. The molecule has 1 aliphatic rings. The van der Waals surface area contributed by atoms with E-state index in [4.69, 9.17) is 9.84 Å². The summed E-state index contributed by atoms with van der Waals surface area (Å²) < 4.78 is 7.35. The van der Waals surface area contributed by atoms with Crippen LogP contribution in [-0.4, -0.2) is 51.1 Å². The first kappa shape index (κ1) is 15.1. The van der Waals surface area contributed by atoms with Crippen LogP contribution in [0.4, 0.5) is 5.82 Å². The zero-order valence-electron chi connectivity index (χ0n) is 14.2. The van der Waals surface area contributed by atoms with Crippen molar-refractivity contribution >= 4 is 11.5 Å². The van der Waals surface area contributed by atoms with Crippen LogP contribution in [0.15, 0.2) is 55.0 Å². The molecule has 130 valence electrons. The number of nitrogens with one attached hydrogen (secondary N) is 1. The van der Waals surface area contributed by atoms with Crippen molar-refractivity contribution in [2.75, 3.05) is 31.2 Å². The zero-order valence-corrected chi connectivity index (χ0v) is 14.2. The van der Waals surface area contributed by atoms with E-state index in [9.17, 15) is 0 Å². The van der Waals surface area contributed by atoms with Crippen LogP contribution in [0.5, 0.6) is 0 Å². The minimum atomic E-state index is 0.742. The number of hydrogen-bond donors (Lipinski definition) is 1. The second-order valence-corrected chi connectivity index (χ2v) is 6.27. The number of morpholine rings is 1. The second-order valence-electron chi connectivity index (χ2n) is 6.27. The number of fused-ring (bicyclic) bond motifs is 1. The Morgan fingerprint density at radius 2 is 1.69 bits per heavy atom. The fourth-order valence-corrected chi connectivity index (χ4v) is 3.26. The number of rotatable bonds is 3. The van der Waals surface area contributed by atoms with Gasteiger partial charge in [-0.05, 0) is 17.7 Å². The molecule has 4 aromatic rings. The molecule has 0 atom stereocenters.